The molecule has 3 aliphatic rings. The average molecular weight is 1260 g/mol. The van der Waals surface area contributed by atoms with Crippen LogP contribution in [-0.2, 0) is 56.1 Å². The molecule has 89 heavy (non-hydrogen) atoms. The van der Waals surface area contributed by atoms with Crippen LogP contribution in [0, 0.1) is 5.92 Å². The van der Waals surface area contributed by atoms with Crippen LogP contribution >= 0.6 is 11.8 Å². The van der Waals surface area contributed by atoms with Gasteiger partial charge in [-0.15, -0.1) is 11.8 Å². The van der Waals surface area contributed by atoms with Crippen molar-refractivity contribution in [2.24, 2.45) is 5.92 Å². The number of carbonyl (C=O) groups excluding carboxylic acids is 4. The number of allylic oxidation sites excluding steroid dienone is 7. The number of fused-ring (bicyclic) bond motifs is 2. The summed E-state index contributed by atoms with van der Waals surface area (Å²) in [7, 11) is -4.12. The van der Waals surface area contributed by atoms with Crippen LogP contribution in [0.15, 0.2) is 125 Å². The largest absolute Gasteiger partial charge is 0.481 e. The minimum absolute atomic E-state index is 0.0475. The number of hydrogen-bond acceptors (Lipinski definition) is 11. The van der Waals surface area contributed by atoms with Crippen LogP contribution in [0.3, 0.4) is 0 Å². The summed E-state index contributed by atoms with van der Waals surface area (Å²) in [6.07, 6.45) is 17.3. The third-order valence-electron chi connectivity index (χ3n) is 17.0. The van der Waals surface area contributed by atoms with E-state index in [1.54, 1.807) is 0 Å². The molecule has 3 aromatic carbocycles. The van der Waals surface area contributed by atoms with Gasteiger partial charge in [0, 0.05) is 96.8 Å². The Hall–Kier alpha value is -7.16. The zero-order chi connectivity index (χ0) is 64.7. The highest BCUT2D eigenvalue weighted by atomic mass is 32.2. The summed E-state index contributed by atoms with van der Waals surface area (Å²) in [6.45, 7) is 12.5. The van der Waals surface area contributed by atoms with E-state index in [1.165, 1.54) is 28.7 Å². The molecule has 3 atom stereocenters. The number of nitrogens with zero attached hydrogens (tertiary/aromatic N) is 2. The highest BCUT2D eigenvalue weighted by Gasteiger charge is 2.44. The van der Waals surface area contributed by atoms with Crippen molar-refractivity contribution in [3.8, 4) is 0 Å². The molecule has 1 aliphatic carbocycles. The second-order valence-electron chi connectivity index (χ2n) is 24.6. The minimum Gasteiger partial charge on any atom is -0.481 e. The van der Waals surface area contributed by atoms with Gasteiger partial charge in [-0.3, -0.25) is 28.5 Å². The maximum Gasteiger partial charge on any atom is 0.326 e. The Morgan fingerprint density at radius 1 is 0.708 bits per heavy atom. The van der Waals surface area contributed by atoms with Crippen LogP contribution in [0.2, 0.25) is 0 Å². The normalized spacial score (nSPS) is 17.1. The SMILES string of the molecule is CCCCC[N+]1=C(/C=C/C2=C(SC[C@@H](CC(=O)[C@H](Cc3ccccc3)NC(=O)CCCCCCC(=O)CC[C@H](NC(=O)NCCCC(=O)O)C(=O)O)C(=O)O)C(=C/C=C3/N(CCCCS(=O)(=O)O)c4ccccc4C3(C)C)/CCC2)C(C)(C)c2ccccc21. The third-order valence-corrected chi connectivity index (χ3v) is 19.2. The van der Waals surface area contributed by atoms with Crippen LogP contribution in [0.4, 0.5) is 16.2 Å². The molecular weight excluding hydrogens is 1170 g/mol. The molecule has 0 radical (unpaired) electrons. The monoisotopic (exact) mass is 1260 g/mol. The fourth-order valence-corrected chi connectivity index (χ4v) is 14.0. The number of Topliss-reactive ketones (excluding diaryl/α,β-unsaturated/α-hetero) is 2. The highest BCUT2D eigenvalue weighted by Crippen LogP contribution is 2.49. The zero-order valence-corrected chi connectivity index (χ0v) is 54.0. The van der Waals surface area contributed by atoms with Crippen LogP contribution < -0.4 is 20.9 Å². The van der Waals surface area contributed by atoms with Gasteiger partial charge in [0.25, 0.3) is 10.1 Å². The number of ketones is 2. The number of hydrogen-bond donors (Lipinski definition) is 7. The Balaban J connectivity index is 1.19. The molecule has 0 unspecified atom stereocenters. The van der Waals surface area contributed by atoms with E-state index in [0.717, 1.165) is 83.6 Å². The molecule has 3 amide bonds. The predicted octanol–water partition coefficient (Wildman–Crippen LogP) is 12.0. The summed E-state index contributed by atoms with van der Waals surface area (Å²) in [5.74, 6) is -5.72. The van der Waals surface area contributed by atoms with Gasteiger partial charge in [0.15, 0.2) is 11.5 Å². The van der Waals surface area contributed by atoms with Crippen molar-refractivity contribution >= 4 is 80.4 Å². The first-order valence-corrected chi connectivity index (χ1v) is 34.1. The summed E-state index contributed by atoms with van der Waals surface area (Å²) in [4.78, 5) is 92.0. The van der Waals surface area contributed by atoms with Crippen molar-refractivity contribution < 1.29 is 66.4 Å². The van der Waals surface area contributed by atoms with Crippen LogP contribution in [0.5, 0.6) is 0 Å². The number of carboxylic acid groups (broad SMARTS) is 3. The topological polar surface area (TPSA) is 277 Å². The fourth-order valence-electron chi connectivity index (χ4n) is 12.1. The Labute approximate surface area is 529 Å². The maximum absolute atomic E-state index is 14.5. The van der Waals surface area contributed by atoms with E-state index < -0.39 is 63.3 Å². The van der Waals surface area contributed by atoms with Crippen molar-refractivity contribution in [1.82, 2.24) is 16.0 Å². The number of unbranched alkanes of at least 4 members (excludes halogenated alkanes) is 6. The number of amides is 3. The first kappa shape index (κ1) is 70.9. The summed E-state index contributed by atoms with van der Waals surface area (Å²) in [5, 5.41) is 36.9. The summed E-state index contributed by atoms with van der Waals surface area (Å²) in [6, 6.07) is 22.9. The molecule has 0 aromatic heterocycles. The molecule has 20 heteroatoms. The highest BCUT2D eigenvalue weighted by molar-refractivity contribution is 8.03. The summed E-state index contributed by atoms with van der Waals surface area (Å²) >= 11 is 1.45. The van der Waals surface area contributed by atoms with Crippen molar-refractivity contribution in [2.45, 2.75) is 186 Å². The molecule has 0 spiro atoms. The first-order valence-electron chi connectivity index (χ1n) is 31.5. The number of carbonyl (C=O) groups is 7. The second-order valence-corrected chi connectivity index (χ2v) is 27.2. The van der Waals surface area contributed by atoms with Gasteiger partial charge in [-0.25, -0.2) is 9.59 Å². The number of nitrogens with one attached hydrogen (secondary N) is 3. The lowest BCUT2D eigenvalue weighted by atomic mass is 9.81. The van der Waals surface area contributed by atoms with E-state index in [2.05, 4.69) is 121 Å². The van der Waals surface area contributed by atoms with Gasteiger partial charge < -0.3 is 36.2 Å². The fraction of sp³-hybridized carbons (Fsp3) is 0.507. The maximum atomic E-state index is 14.5. The molecule has 2 aliphatic heterocycles. The molecular formula is C69H92N5O13S2+. The van der Waals surface area contributed by atoms with E-state index in [0.29, 0.717) is 45.1 Å². The van der Waals surface area contributed by atoms with Crippen LogP contribution in [0.25, 0.3) is 0 Å². The lowest BCUT2D eigenvalue weighted by molar-refractivity contribution is -0.438. The smallest absolute Gasteiger partial charge is 0.326 e. The number of thioether (sulfide) groups is 1. The van der Waals surface area contributed by atoms with Crippen molar-refractivity contribution in [1.29, 1.82) is 0 Å². The van der Waals surface area contributed by atoms with E-state index in [1.807, 2.05) is 42.5 Å². The number of carboxylic acids is 3. The third kappa shape index (κ3) is 21.2. The molecule has 7 N–H and O–H groups in total. The number of rotatable bonds is 38. The average Bonchev–Trinajstić information content (AvgIpc) is 1.62. The quantitative estimate of drug-likeness (QED) is 0.0160. The molecule has 6 rings (SSSR count). The Morgan fingerprint density at radius 3 is 2.10 bits per heavy atom. The molecule has 482 valence electrons. The Morgan fingerprint density at radius 2 is 1.40 bits per heavy atom. The van der Waals surface area contributed by atoms with Gasteiger partial charge in [-0.05, 0) is 119 Å². The van der Waals surface area contributed by atoms with Crippen molar-refractivity contribution in [2.75, 3.05) is 36.0 Å². The number of urea groups is 1. The van der Waals surface area contributed by atoms with E-state index in [-0.39, 0.29) is 86.5 Å². The molecule has 3 aromatic rings. The van der Waals surface area contributed by atoms with E-state index in [4.69, 9.17) is 5.11 Å². The Bertz CT molecular complexity index is 3270. The van der Waals surface area contributed by atoms with Gasteiger partial charge in [-0.2, -0.15) is 13.0 Å². The van der Waals surface area contributed by atoms with E-state index >= 15 is 0 Å². The zero-order valence-electron chi connectivity index (χ0n) is 52.4. The van der Waals surface area contributed by atoms with Gasteiger partial charge in [0.2, 0.25) is 11.6 Å². The molecule has 0 bridgehead atoms. The number of para-hydroxylation sites is 2. The minimum atomic E-state index is -4.12. The van der Waals surface area contributed by atoms with Gasteiger partial charge in [-0.1, -0.05) is 119 Å². The van der Waals surface area contributed by atoms with Gasteiger partial charge in [0.05, 0.1) is 23.1 Å². The predicted molar refractivity (Wildman–Crippen MR) is 349 cm³/mol. The molecule has 0 saturated carbocycles. The molecule has 0 fully saturated rings. The van der Waals surface area contributed by atoms with Crippen LogP contribution in [0.1, 0.15) is 173 Å². The Kier molecular flexibility index (Phi) is 27.2. The van der Waals surface area contributed by atoms with Crippen molar-refractivity contribution in [3.63, 3.8) is 0 Å². The summed E-state index contributed by atoms with van der Waals surface area (Å²) in [5.41, 5.74) is 9.01. The second kappa shape index (κ2) is 34.1. The van der Waals surface area contributed by atoms with E-state index in [9.17, 15) is 56.7 Å². The van der Waals surface area contributed by atoms with Gasteiger partial charge >= 0.3 is 23.9 Å². The number of benzene rings is 3. The standard InChI is InChI=1S/C69H91N5O13S2/c1-6-7-19-42-73-57-31-17-15-29-53(57)68(2,3)60(73)39-35-49-26-22-27-50(36-40-61-69(4,5)54-30-16-18-32-58(54)74(61)43-20-21-44-89(85,86)87)64(49)88-47-51(65(80)81)46-59(76)56(45-48-24-11-10-12-25-48)71-62(77)33-14-9-8-13-28-52(75)37-38-55(66(82)83)72-67(84)70-41-23-34-63(78)79/h10-12,15-18,24-25,29-32,35-36,39-40,51,55-56H,6-9,13-14,19-23,26-28,33-34,37-38,41-47H2,1-5H3,(H6-,70,71,72,77,78,79,80,81,82,83,84,85,86,87)/p+1/t51-,55+,56+/m1/s1. The molecule has 0 saturated heterocycles. The number of anilines is 1. The summed E-state index contributed by atoms with van der Waals surface area (Å²) < 4.78 is 35.3. The van der Waals surface area contributed by atoms with Gasteiger partial charge in [0.1, 0.15) is 18.4 Å². The lowest BCUT2D eigenvalue weighted by Crippen LogP contribution is -2.46. The molecule has 2 heterocycles. The molecule has 18 nitrogen and oxygen atoms in total. The first-order chi connectivity index (χ1) is 42.4. The lowest BCUT2D eigenvalue weighted by Gasteiger charge is -2.28. The number of aliphatic carboxylic acids is 3. The van der Waals surface area contributed by atoms with Crippen molar-refractivity contribution in [3.05, 3.63) is 142 Å². The van der Waals surface area contributed by atoms with Crippen LogP contribution in [-0.4, -0.2) is 123 Å².